The second kappa shape index (κ2) is 7.03. The predicted molar refractivity (Wildman–Crippen MR) is 99.8 cm³/mol. The number of carbonyl (C=O) groups is 2. The molecule has 26 heavy (non-hydrogen) atoms. The van der Waals surface area contributed by atoms with Gasteiger partial charge in [-0.25, -0.2) is 9.97 Å². The van der Waals surface area contributed by atoms with Crippen LogP contribution in [0, 0.1) is 0 Å². The summed E-state index contributed by atoms with van der Waals surface area (Å²) < 4.78 is 5.39. The quantitative estimate of drug-likeness (QED) is 0.520. The number of nitrogens with zero attached hydrogens (tertiary/aromatic N) is 2. The normalized spacial score (nSPS) is 10.6. The van der Waals surface area contributed by atoms with Crippen molar-refractivity contribution in [3.8, 4) is 11.5 Å². The van der Waals surface area contributed by atoms with E-state index in [4.69, 9.17) is 4.42 Å². The molecule has 4 rings (SSSR count). The molecule has 0 aliphatic rings. The summed E-state index contributed by atoms with van der Waals surface area (Å²) in [6, 6.07) is 12.2. The molecule has 3 aromatic heterocycles. The summed E-state index contributed by atoms with van der Waals surface area (Å²) in [5.74, 6) is -0.0796. The van der Waals surface area contributed by atoms with Crippen molar-refractivity contribution in [3.63, 3.8) is 0 Å². The molecule has 0 unspecified atom stereocenters. The summed E-state index contributed by atoms with van der Waals surface area (Å²) in [4.78, 5) is 33.9. The predicted octanol–water partition coefficient (Wildman–Crippen LogP) is 4.34. The van der Waals surface area contributed by atoms with Crippen LogP contribution < -0.4 is 5.32 Å². The molecule has 0 aliphatic heterocycles. The average molecular weight is 381 g/mol. The number of ketones is 1. The SMILES string of the molecule is O=C(Nc1nc(-c2ccco2)c(C(=O)c2nccs2)s1)c1ccccc1. The van der Waals surface area contributed by atoms with Gasteiger partial charge in [0.25, 0.3) is 5.91 Å². The lowest BCUT2D eigenvalue weighted by molar-refractivity contribution is 0.102. The van der Waals surface area contributed by atoms with E-state index < -0.39 is 0 Å². The maximum Gasteiger partial charge on any atom is 0.257 e. The third-order valence-electron chi connectivity index (χ3n) is 3.47. The van der Waals surface area contributed by atoms with E-state index >= 15 is 0 Å². The minimum Gasteiger partial charge on any atom is -0.463 e. The van der Waals surface area contributed by atoms with E-state index in [1.54, 1.807) is 48.0 Å². The monoisotopic (exact) mass is 381 g/mol. The zero-order valence-corrected chi connectivity index (χ0v) is 14.8. The Labute approximate surface area is 156 Å². The van der Waals surface area contributed by atoms with Gasteiger partial charge in [0.1, 0.15) is 10.6 Å². The first-order valence-corrected chi connectivity index (χ1v) is 9.27. The van der Waals surface area contributed by atoms with Gasteiger partial charge in [-0.1, -0.05) is 29.5 Å². The second-order valence-electron chi connectivity index (χ2n) is 5.16. The Morgan fingerprint density at radius 3 is 2.62 bits per heavy atom. The fraction of sp³-hybridized carbons (Fsp3) is 0. The average Bonchev–Trinajstić information content (AvgIpc) is 3.42. The van der Waals surface area contributed by atoms with E-state index in [9.17, 15) is 9.59 Å². The topological polar surface area (TPSA) is 85.1 Å². The van der Waals surface area contributed by atoms with Gasteiger partial charge in [-0.15, -0.1) is 11.3 Å². The van der Waals surface area contributed by atoms with Crippen LogP contribution in [0.25, 0.3) is 11.5 Å². The fourth-order valence-electron chi connectivity index (χ4n) is 2.30. The summed E-state index contributed by atoms with van der Waals surface area (Å²) in [7, 11) is 0. The molecule has 3 heterocycles. The number of aromatic nitrogens is 2. The maximum atomic E-state index is 12.8. The molecule has 1 N–H and O–H groups in total. The van der Waals surface area contributed by atoms with Crippen LogP contribution in [0.1, 0.15) is 25.0 Å². The number of anilines is 1. The van der Waals surface area contributed by atoms with Crippen molar-refractivity contribution >= 4 is 39.5 Å². The Morgan fingerprint density at radius 2 is 1.92 bits per heavy atom. The van der Waals surface area contributed by atoms with Crippen LogP contribution in [0.15, 0.2) is 64.7 Å². The van der Waals surface area contributed by atoms with Crippen LogP contribution in [-0.2, 0) is 0 Å². The highest BCUT2D eigenvalue weighted by Gasteiger charge is 2.24. The Hall–Kier alpha value is -3.10. The Kier molecular flexibility index (Phi) is 4.42. The van der Waals surface area contributed by atoms with Gasteiger partial charge in [0, 0.05) is 17.1 Å². The first-order valence-electron chi connectivity index (χ1n) is 7.57. The van der Waals surface area contributed by atoms with Crippen molar-refractivity contribution in [1.82, 2.24) is 9.97 Å². The second-order valence-corrected chi connectivity index (χ2v) is 7.05. The summed E-state index contributed by atoms with van der Waals surface area (Å²) in [5.41, 5.74) is 0.901. The first-order chi connectivity index (χ1) is 12.7. The molecule has 0 fully saturated rings. The lowest BCUT2D eigenvalue weighted by Gasteiger charge is -2.00. The third-order valence-corrected chi connectivity index (χ3v) is 5.21. The first kappa shape index (κ1) is 16.4. The van der Waals surface area contributed by atoms with E-state index in [1.165, 1.54) is 17.6 Å². The van der Waals surface area contributed by atoms with E-state index in [0.29, 0.717) is 32.0 Å². The standard InChI is InChI=1S/C18H11N3O3S2/c22-14(17-19-8-10-25-17)15-13(12-7-4-9-24-12)20-18(26-15)21-16(23)11-5-2-1-3-6-11/h1-10H,(H,20,21,23). The van der Waals surface area contributed by atoms with Crippen molar-refractivity contribution in [3.05, 3.63) is 75.8 Å². The fourth-order valence-corrected chi connectivity index (χ4v) is 3.85. The number of nitrogens with one attached hydrogen (secondary N) is 1. The number of amides is 1. The van der Waals surface area contributed by atoms with Crippen molar-refractivity contribution in [1.29, 1.82) is 0 Å². The number of furan rings is 1. The van der Waals surface area contributed by atoms with Gasteiger partial charge in [0.2, 0.25) is 5.78 Å². The molecule has 0 aliphatic carbocycles. The zero-order valence-electron chi connectivity index (χ0n) is 13.2. The molecule has 1 amide bonds. The lowest BCUT2D eigenvalue weighted by atomic mass is 10.2. The van der Waals surface area contributed by atoms with Gasteiger partial charge in [-0.3, -0.25) is 14.9 Å². The van der Waals surface area contributed by atoms with E-state index in [-0.39, 0.29) is 11.7 Å². The van der Waals surface area contributed by atoms with Crippen LogP contribution in [0.2, 0.25) is 0 Å². The van der Waals surface area contributed by atoms with Crippen LogP contribution in [0.4, 0.5) is 5.13 Å². The molecule has 0 saturated carbocycles. The summed E-state index contributed by atoms with van der Waals surface area (Å²) in [5, 5.41) is 5.16. The number of hydrogen-bond acceptors (Lipinski definition) is 7. The molecule has 0 radical (unpaired) electrons. The van der Waals surface area contributed by atoms with E-state index in [1.807, 2.05) is 6.07 Å². The van der Waals surface area contributed by atoms with Crippen LogP contribution in [0.5, 0.6) is 0 Å². The summed E-state index contributed by atoms with van der Waals surface area (Å²) in [6.45, 7) is 0. The van der Waals surface area contributed by atoms with Crippen LogP contribution >= 0.6 is 22.7 Å². The lowest BCUT2D eigenvalue weighted by Crippen LogP contribution is -2.11. The third kappa shape index (κ3) is 3.19. The molecule has 0 atom stereocenters. The van der Waals surface area contributed by atoms with E-state index in [2.05, 4.69) is 15.3 Å². The maximum absolute atomic E-state index is 12.8. The molecule has 0 spiro atoms. The van der Waals surface area contributed by atoms with Crippen molar-refractivity contribution in [2.24, 2.45) is 0 Å². The largest absolute Gasteiger partial charge is 0.463 e. The van der Waals surface area contributed by atoms with Crippen molar-refractivity contribution < 1.29 is 14.0 Å². The number of hydrogen-bond donors (Lipinski definition) is 1. The van der Waals surface area contributed by atoms with Gasteiger partial charge < -0.3 is 4.42 Å². The van der Waals surface area contributed by atoms with Gasteiger partial charge in [-0.05, 0) is 24.3 Å². The van der Waals surface area contributed by atoms with Crippen LogP contribution in [-0.4, -0.2) is 21.7 Å². The Morgan fingerprint density at radius 1 is 1.08 bits per heavy atom. The minimum atomic E-state index is -0.293. The number of thiazole rings is 2. The van der Waals surface area contributed by atoms with E-state index in [0.717, 1.165) is 11.3 Å². The van der Waals surface area contributed by atoms with Crippen molar-refractivity contribution in [2.75, 3.05) is 5.32 Å². The van der Waals surface area contributed by atoms with Gasteiger partial charge in [0.15, 0.2) is 15.9 Å². The number of carbonyl (C=O) groups excluding carboxylic acids is 2. The Bertz CT molecular complexity index is 1040. The molecular formula is C18H11N3O3S2. The highest BCUT2D eigenvalue weighted by atomic mass is 32.1. The smallest absolute Gasteiger partial charge is 0.257 e. The van der Waals surface area contributed by atoms with Gasteiger partial charge in [0.05, 0.1) is 6.26 Å². The molecule has 0 saturated heterocycles. The summed E-state index contributed by atoms with van der Waals surface area (Å²) >= 11 is 2.35. The molecular weight excluding hydrogens is 370 g/mol. The molecule has 1 aromatic carbocycles. The molecule has 4 aromatic rings. The highest BCUT2D eigenvalue weighted by molar-refractivity contribution is 7.19. The number of benzene rings is 1. The highest BCUT2D eigenvalue weighted by Crippen LogP contribution is 2.33. The Balaban J connectivity index is 1.70. The number of rotatable bonds is 5. The summed E-state index contributed by atoms with van der Waals surface area (Å²) in [6.07, 6.45) is 3.08. The zero-order chi connectivity index (χ0) is 17.9. The van der Waals surface area contributed by atoms with Gasteiger partial charge >= 0.3 is 0 Å². The molecule has 0 bridgehead atoms. The molecule has 6 nitrogen and oxygen atoms in total. The van der Waals surface area contributed by atoms with Crippen LogP contribution in [0.3, 0.4) is 0 Å². The van der Waals surface area contributed by atoms with Gasteiger partial charge in [-0.2, -0.15) is 0 Å². The molecule has 8 heteroatoms. The minimum absolute atomic E-state index is 0.246. The van der Waals surface area contributed by atoms with Crippen molar-refractivity contribution in [2.45, 2.75) is 0 Å². The molecule has 128 valence electrons.